The van der Waals surface area contributed by atoms with Crippen LogP contribution in [0.15, 0.2) is 5.16 Å². The number of oxime groups is 1. The largest absolute Gasteiger partial charge is 0.481 e. The predicted molar refractivity (Wildman–Crippen MR) is 68.5 cm³/mol. The fourth-order valence-electron chi connectivity index (χ4n) is 3.32. The predicted octanol–water partition coefficient (Wildman–Crippen LogP) is 1.49. The molecule has 2 rings (SSSR count). The lowest BCUT2D eigenvalue weighted by molar-refractivity contribution is -0.145. The summed E-state index contributed by atoms with van der Waals surface area (Å²) in [6, 6.07) is 0.165. The Kier molecular flexibility index (Phi) is 3.90. The highest BCUT2D eigenvalue weighted by Crippen LogP contribution is 2.41. The van der Waals surface area contributed by atoms with Crippen molar-refractivity contribution in [3.8, 4) is 0 Å². The first kappa shape index (κ1) is 13.3. The third-order valence-corrected chi connectivity index (χ3v) is 4.41. The van der Waals surface area contributed by atoms with Crippen molar-refractivity contribution in [3.63, 3.8) is 0 Å². The van der Waals surface area contributed by atoms with E-state index in [9.17, 15) is 9.90 Å². The number of carboxylic acids is 1. The summed E-state index contributed by atoms with van der Waals surface area (Å²) in [7, 11) is 1.88. The first-order valence-corrected chi connectivity index (χ1v) is 6.77. The first-order chi connectivity index (χ1) is 8.63. The van der Waals surface area contributed by atoms with E-state index in [-0.39, 0.29) is 18.1 Å². The van der Waals surface area contributed by atoms with Gasteiger partial charge in [0.2, 0.25) is 0 Å². The summed E-state index contributed by atoms with van der Waals surface area (Å²) in [4.78, 5) is 16.7. The number of hydrogen-bond donors (Lipinski definition) is 2. The van der Waals surface area contributed by atoms with Crippen molar-refractivity contribution < 1.29 is 14.7 Å². The Morgan fingerprint density at radius 1 is 1.56 bits per heavy atom. The minimum Gasteiger partial charge on any atom is -0.481 e. The van der Waals surface area contributed by atoms with Crippen LogP contribution in [0.1, 0.15) is 33.1 Å². The Morgan fingerprint density at radius 2 is 2.22 bits per heavy atom. The third-order valence-electron chi connectivity index (χ3n) is 4.41. The van der Waals surface area contributed by atoms with Gasteiger partial charge in [-0.1, -0.05) is 19.0 Å². The van der Waals surface area contributed by atoms with E-state index < -0.39 is 11.9 Å². The highest BCUT2D eigenvalue weighted by molar-refractivity contribution is 5.92. The molecular formula is C13H22N2O3. The number of nitrogens with zero attached hydrogens (tertiary/aromatic N) is 1. The van der Waals surface area contributed by atoms with E-state index in [1.165, 1.54) is 0 Å². The van der Waals surface area contributed by atoms with Crippen LogP contribution in [0.2, 0.25) is 0 Å². The number of aliphatic carboxylic acids is 1. The third kappa shape index (κ3) is 2.00. The number of rotatable bonds is 5. The van der Waals surface area contributed by atoms with Crippen molar-refractivity contribution in [2.45, 2.75) is 45.3 Å². The standard InChI is InChI=1S/C13H22N2O3/c1-4-7(5-2)11-10-9(14-3)6-8(13(16)17)12(10)18-15-11/h7-10,12,14H,4-6H2,1-3H3,(H,16,17)/t8-,9+,10+,12+/m0/s1. The smallest absolute Gasteiger partial charge is 0.310 e. The van der Waals surface area contributed by atoms with E-state index in [0.29, 0.717) is 12.3 Å². The van der Waals surface area contributed by atoms with Crippen LogP contribution in [-0.4, -0.2) is 36.0 Å². The Balaban J connectivity index is 2.21. The zero-order chi connectivity index (χ0) is 13.3. The zero-order valence-electron chi connectivity index (χ0n) is 11.2. The van der Waals surface area contributed by atoms with E-state index in [4.69, 9.17) is 4.84 Å². The molecule has 0 spiro atoms. The van der Waals surface area contributed by atoms with E-state index in [1.54, 1.807) is 0 Å². The average Bonchev–Trinajstić information content (AvgIpc) is 2.91. The summed E-state index contributed by atoms with van der Waals surface area (Å²) in [5.74, 6) is -0.684. The molecule has 0 aromatic rings. The Morgan fingerprint density at radius 3 is 2.72 bits per heavy atom. The average molecular weight is 254 g/mol. The van der Waals surface area contributed by atoms with Gasteiger partial charge in [-0.15, -0.1) is 0 Å². The van der Waals surface area contributed by atoms with Gasteiger partial charge in [0.15, 0.2) is 6.10 Å². The van der Waals surface area contributed by atoms with Crippen LogP contribution in [0.4, 0.5) is 0 Å². The van der Waals surface area contributed by atoms with Gasteiger partial charge in [-0.2, -0.15) is 0 Å². The molecule has 2 aliphatic rings. The molecule has 1 saturated carbocycles. The van der Waals surface area contributed by atoms with Crippen LogP contribution in [0, 0.1) is 17.8 Å². The maximum absolute atomic E-state index is 11.3. The van der Waals surface area contributed by atoms with Crippen LogP contribution in [0.5, 0.6) is 0 Å². The molecular weight excluding hydrogens is 232 g/mol. The fourth-order valence-corrected chi connectivity index (χ4v) is 3.32. The Bertz CT molecular complexity index is 352. The van der Waals surface area contributed by atoms with Crippen molar-refractivity contribution in [2.24, 2.45) is 22.9 Å². The Hall–Kier alpha value is -1.10. The second kappa shape index (κ2) is 5.26. The molecule has 0 radical (unpaired) electrons. The van der Waals surface area contributed by atoms with Crippen molar-refractivity contribution in [3.05, 3.63) is 0 Å². The highest BCUT2D eigenvalue weighted by Gasteiger charge is 2.54. The first-order valence-electron chi connectivity index (χ1n) is 6.77. The number of carbonyl (C=O) groups is 1. The second-order valence-electron chi connectivity index (χ2n) is 5.20. The lowest BCUT2D eigenvalue weighted by atomic mass is 9.84. The van der Waals surface area contributed by atoms with E-state index in [0.717, 1.165) is 18.6 Å². The van der Waals surface area contributed by atoms with Gasteiger partial charge in [-0.3, -0.25) is 4.79 Å². The number of carboxylic acid groups (broad SMARTS) is 1. The van der Waals surface area contributed by atoms with Crippen LogP contribution in [0.25, 0.3) is 0 Å². The van der Waals surface area contributed by atoms with Crippen molar-refractivity contribution in [1.82, 2.24) is 5.32 Å². The molecule has 0 aromatic heterocycles. The maximum atomic E-state index is 11.3. The summed E-state index contributed by atoms with van der Waals surface area (Å²) >= 11 is 0. The molecule has 0 saturated heterocycles. The van der Waals surface area contributed by atoms with E-state index in [2.05, 4.69) is 24.3 Å². The second-order valence-corrected chi connectivity index (χ2v) is 5.20. The molecule has 5 heteroatoms. The normalized spacial score (nSPS) is 34.3. The quantitative estimate of drug-likeness (QED) is 0.779. The molecule has 4 atom stereocenters. The summed E-state index contributed by atoms with van der Waals surface area (Å²) in [6.45, 7) is 4.28. The molecule has 1 aliphatic heterocycles. The lowest BCUT2D eigenvalue weighted by Gasteiger charge is -2.22. The molecule has 102 valence electrons. The van der Waals surface area contributed by atoms with Gasteiger partial charge in [0.25, 0.3) is 0 Å². The van der Waals surface area contributed by atoms with Crippen LogP contribution < -0.4 is 5.32 Å². The monoisotopic (exact) mass is 254 g/mol. The molecule has 1 fully saturated rings. The summed E-state index contributed by atoms with van der Waals surface area (Å²) < 4.78 is 0. The topological polar surface area (TPSA) is 70.9 Å². The van der Waals surface area contributed by atoms with Crippen molar-refractivity contribution in [1.29, 1.82) is 0 Å². The molecule has 0 amide bonds. The number of hydrogen-bond acceptors (Lipinski definition) is 4. The fraction of sp³-hybridized carbons (Fsp3) is 0.846. The minimum absolute atomic E-state index is 0.126. The molecule has 1 heterocycles. The van der Waals surface area contributed by atoms with Gasteiger partial charge in [-0.05, 0) is 26.3 Å². The summed E-state index contributed by atoms with van der Waals surface area (Å²) in [5, 5.41) is 16.7. The highest BCUT2D eigenvalue weighted by atomic mass is 16.6. The summed E-state index contributed by atoms with van der Waals surface area (Å²) in [5.41, 5.74) is 1.06. The molecule has 1 aliphatic carbocycles. The zero-order valence-corrected chi connectivity index (χ0v) is 11.2. The van der Waals surface area contributed by atoms with Gasteiger partial charge in [-0.25, -0.2) is 0 Å². The number of nitrogens with one attached hydrogen (secondary N) is 1. The molecule has 5 nitrogen and oxygen atoms in total. The van der Waals surface area contributed by atoms with Gasteiger partial charge in [0.1, 0.15) is 0 Å². The minimum atomic E-state index is -0.774. The SMILES string of the molecule is CCC(CC)C1=NO[C@H]2[C@@H]1[C@H](NC)C[C@@H]2C(=O)O. The van der Waals surface area contributed by atoms with Crippen LogP contribution in [-0.2, 0) is 9.63 Å². The van der Waals surface area contributed by atoms with E-state index in [1.807, 2.05) is 7.05 Å². The Labute approximate surface area is 108 Å². The molecule has 18 heavy (non-hydrogen) atoms. The lowest BCUT2D eigenvalue weighted by Crippen LogP contribution is -2.38. The van der Waals surface area contributed by atoms with E-state index >= 15 is 0 Å². The van der Waals surface area contributed by atoms with Crippen LogP contribution in [0.3, 0.4) is 0 Å². The maximum Gasteiger partial charge on any atom is 0.310 e. The molecule has 0 unspecified atom stereocenters. The van der Waals surface area contributed by atoms with Gasteiger partial charge < -0.3 is 15.3 Å². The van der Waals surface area contributed by atoms with Gasteiger partial charge >= 0.3 is 5.97 Å². The van der Waals surface area contributed by atoms with Gasteiger partial charge in [0.05, 0.1) is 17.5 Å². The molecule has 0 aromatic carbocycles. The molecule has 0 bridgehead atoms. The van der Waals surface area contributed by atoms with Crippen molar-refractivity contribution >= 4 is 11.7 Å². The summed E-state index contributed by atoms with van der Waals surface area (Å²) in [6.07, 6.45) is 2.39. The number of fused-ring (bicyclic) bond motifs is 1. The van der Waals surface area contributed by atoms with Gasteiger partial charge in [0, 0.05) is 12.0 Å². The van der Waals surface area contributed by atoms with Crippen molar-refractivity contribution in [2.75, 3.05) is 7.05 Å². The van der Waals surface area contributed by atoms with Crippen LogP contribution >= 0.6 is 0 Å². The molecule has 2 N–H and O–H groups in total.